The summed E-state index contributed by atoms with van der Waals surface area (Å²) in [4.78, 5) is 11.6. The van der Waals surface area contributed by atoms with Crippen LogP contribution in [0.4, 0.5) is 11.6 Å². The van der Waals surface area contributed by atoms with Crippen molar-refractivity contribution in [2.45, 2.75) is 19.5 Å². The number of methoxy groups -OCH3 is 1. The molecule has 1 aromatic heterocycles. The van der Waals surface area contributed by atoms with E-state index in [4.69, 9.17) is 21.3 Å². The predicted octanol–water partition coefficient (Wildman–Crippen LogP) is 4.44. The van der Waals surface area contributed by atoms with E-state index in [9.17, 15) is 0 Å². The molecule has 4 rings (SSSR count). The fourth-order valence-corrected chi connectivity index (χ4v) is 3.48. The molecule has 0 spiro atoms. The molecule has 138 valence electrons. The summed E-state index contributed by atoms with van der Waals surface area (Å²) < 4.78 is 5.18. The lowest BCUT2D eigenvalue weighted by atomic mass is 10.1. The first-order chi connectivity index (χ1) is 13.2. The van der Waals surface area contributed by atoms with Gasteiger partial charge in [0.05, 0.1) is 12.8 Å². The SMILES string of the molecule is COc1ccc(Nc2ncc3c(n2)CCN(Cc2cccc(Cl)c2)C3)cc1. The van der Waals surface area contributed by atoms with Crippen molar-refractivity contribution >= 4 is 23.2 Å². The van der Waals surface area contributed by atoms with Crippen LogP contribution in [0.5, 0.6) is 5.75 Å². The van der Waals surface area contributed by atoms with E-state index in [1.165, 1.54) is 11.1 Å². The number of halogens is 1. The Kier molecular flexibility index (Phi) is 5.23. The lowest BCUT2D eigenvalue weighted by Crippen LogP contribution is -2.31. The quantitative estimate of drug-likeness (QED) is 0.709. The standard InChI is InChI=1S/C21H21ClN4O/c1-27-19-7-5-18(6-8-19)24-21-23-12-16-14-26(10-9-20(16)25-21)13-15-3-2-4-17(22)11-15/h2-8,11-12H,9-10,13-14H2,1H3,(H,23,24,25). The van der Waals surface area contributed by atoms with Crippen LogP contribution in [0.3, 0.4) is 0 Å². The molecule has 1 N–H and O–H groups in total. The zero-order valence-electron chi connectivity index (χ0n) is 15.2. The molecule has 27 heavy (non-hydrogen) atoms. The summed E-state index contributed by atoms with van der Waals surface area (Å²) in [5.41, 5.74) is 4.46. The van der Waals surface area contributed by atoms with E-state index >= 15 is 0 Å². The van der Waals surface area contributed by atoms with Gasteiger partial charge in [0.15, 0.2) is 0 Å². The molecule has 1 aliphatic heterocycles. The van der Waals surface area contributed by atoms with Crippen LogP contribution in [0.25, 0.3) is 0 Å². The second-order valence-electron chi connectivity index (χ2n) is 6.61. The third-order valence-corrected chi connectivity index (χ3v) is 4.89. The summed E-state index contributed by atoms with van der Waals surface area (Å²) in [6, 6.07) is 15.8. The number of aromatic nitrogens is 2. The van der Waals surface area contributed by atoms with Gasteiger partial charge in [-0.1, -0.05) is 23.7 Å². The molecule has 1 aliphatic rings. The molecule has 0 fully saturated rings. The van der Waals surface area contributed by atoms with Gasteiger partial charge in [0.25, 0.3) is 0 Å². The van der Waals surface area contributed by atoms with Crippen molar-refractivity contribution in [1.82, 2.24) is 14.9 Å². The first-order valence-electron chi connectivity index (χ1n) is 8.92. The first-order valence-corrected chi connectivity index (χ1v) is 9.30. The van der Waals surface area contributed by atoms with E-state index in [-0.39, 0.29) is 0 Å². The van der Waals surface area contributed by atoms with E-state index in [0.717, 1.165) is 48.2 Å². The lowest BCUT2D eigenvalue weighted by Gasteiger charge is -2.28. The summed E-state index contributed by atoms with van der Waals surface area (Å²) in [5, 5.41) is 4.04. The predicted molar refractivity (Wildman–Crippen MR) is 108 cm³/mol. The van der Waals surface area contributed by atoms with Gasteiger partial charge in [0, 0.05) is 48.5 Å². The molecule has 0 saturated carbocycles. The number of benzene rings is 2. The number of hydrogen-bond donors (Lipinski definition) is 1. The van der Waals surface area contributed by atoms with Crippen LogP contribution in [0.15, 0.2) is 54.7 Å². The summed E-state index contributed by atoms with van der Waals surface area (Å²) in [6.45, 7) is 2.70. The molecule has 3 aromatic rings. The van der Waals surface area contributed by atoms with Gasteiger partial charge in [-0.15, -0.1) is 0 Å². The number of ether oxygens (including phenoxy) is 1. The molecule has 0 bridgehead atoms. The highest BCUT2D eigenvalue weighted by Gasteiger charge is 2.18. The van der Waals surface area contributed by atoms with Gasteiger partial charge in [-0.05, 0) is 42.0 Å². The Hall–Kier alpha value is -2.63. The zero-order chi connectivity index (χ0) is 18.6. The number of anilines is 2. The smallest absolute Gasteiger partial charge is 0.227 e. The molecule has 0 radical (unpaired) electrons. The fraction of sp³-hybridized carbons (Fsp3) is 0.238. The van der Waals surface area contributed by atoms with Gasteiger partial charge < -0.3 is 10.1 Å². The van der Waals surface area contributed by atoms with Crippen LogP contribution >= 0.6 is 11.6 Å². The minimum Gasteiger partial charge on any atom is -0.497 e. The average molecular weight is 381 g/mol. The number of rotatable bonds is 5. The molecule has 0 amide bonds. The van der Waals surface area contributed by atoms with Crippen LogP contribution in [0.2, 0.25) is 5.02 Å². The highest BCUT2D eigenvalue weighted by Crippen LogP contribution is 2.22. The Morgan fingerprint density at radius 3 is 2.81 bits per heavy atom. The Morgan fingerprint density at radius 1 is 1.19 bits per heavy atom. The van der Waals surface area contributed by atoms with Crippen molar-refractivity contribution in [3.05, 3.63) is 76.6 Å². The largest absolute Gasteiger partial charge is 0.497 e. The fourth-order valence-electron chi connectivity index (χ4n) is 3.27. The Labute approximate surface area is 164 Å². The van der Waals surface area contributed by atoms with Crippen molar-refractivity contribution < 1.29 is 4.74 Å². The van der Waals surface area contributed by atoms with Crippen molar-refractivity contribution in [3.8, 4) is 5.75 Å². The van der Waals surface area contributed by atoms with Crippen molar-refractivity contribution in [2.24, 2.45) is 0 Å². The van der Waals surface area contributed by atoms with Gasteiger partial charge in [0.2, 0.25) is 5.95 Å². The minimum atomic E-state index is 0.627. The monoisotopic (exact) mass is 380 g/mol. The summed E-state index contributed by atoms with van der Waals surface area (Å²) in [7, 11) is 1.66. The third-order valence-electron chi connectivity index (χ3n) is 4.65. The molecule has 2 heterocycles. The highest BCUT2D eigenvalue weighted by molar-refractivity contribution is 6.30. The Morgan fingerprint density at radius 2 is 2.04 bits per heavy atom. The maximum atomic E-state index is 6.09. The molecule has 0 unspecified atom stereocenters. The molecule has 2 aromatic carbocycles. The van der Waals surface area contributed by atoms with Crippen molar-refractivity contribution in [1.29, 1.82) is 0 Å². The molecule has 6 heteroatoms. The molecule has 0 saturated heterocycles. The number of fused-ring (bicyclic) bond motifs is 1. The highest BCUT2D eigenvalue weighted by atomic mass is 35.5. The van der Waals surface area contributed by atoms with Gasteiger partial charge in [-0.2, -0.15) is 0 Å². The average Bonchev–Trinajstić information content (AvgIpc) is 2.69. The molecule has 5 nitrogen and oxygen atoms in total. The maximum Gasteiger partial charge on any atom is 0.227 e. The molecular weight excluding hydrogens is 360 g/mol. The third kappa shape index (κ3) is 4.38. The van der Waals surface area contributed by atoms with Crippen LogP contribution < -0.4 is 10.1 Å². The Bertz CT molecular complexity index is 930. The minimum absolute atomic E-state index is 0.627. The Balaban J connectivity index is 1.43. The van der Waals surface area contributed by atoms with E-state index in [1.807, 2.05) is 48.7 Å². The molecule has 0 aliphatic carbocycles. The van der Waals surface area contributed by atoms with E-state index in [0.29, 0.717) is 5.95 Å². The molecular formula is C21H21ClN4O. The number of nitrogens with zero attached hydrogens (tertiary/aromatic N) is 3. The van der Waals surface area contributed by atoms with Crippen molar-refractivity contribution in [2.75, 3.05) is 19.0 Å². The van der Waals surface area contributed by atoms with Crippen LogP contribution in [-0.2, 0) is 19.5 Å². The van der Waals surface area contributed by atoms with Gasteiger partial charge in [-0.25, -0.2) is 9.97 Å². The van der Waals surface area contributed by atoms with E-state index < -0.39 is 0 Å². The van der Waals surface area contributed by atoms with Crippen molar-refractivity contribution in [3.63, 3.8) is 0 Å². The van der Waals surface area contributed by atoms with E-state index in [1.54, 1.807) is 7.11 Å². The van der Waals surface area contributed by atoms with Gasteiger partial charge >= 0.3 is 0 Å². The second kappa shape index (κ2) is 7.94. The normalized spacial score (nSPS) is 13.9. The van der Waals surface area contributed by atoms with Crippen LogP contribution in [0.1, 0.15) is 16.8 Å². The topological polar surface area (TPSA) is 50.3 Å². The second-order valence-corrected chi connectivity index (χ2v) is 7.05. The molecule has 0 atom stereocenters. The van der Waals surface area contributed by atoms with E-state index in [2.05, 4.69) is 21.3 Å². The maximum absolute atomic E-state index is 6.09. The van der Waals surface area contributed by atoms with Crippen LogP contribution in [0, 0.1) is 0 Å². The van der Waals surface area contributed by atoms with Gasteiger partial charge in [0.1, 0.15) is 5.75 Å². The first kappa shape index (κ1) is 17.8. The summed E-state index contributed by atoms with van der Waals surface area (Å²) in [6.07, 6.45) is 2.84. The lowest BCUT2D eigenvalue weighted by molar-refractivity contribution is 0.243. The number of hydrogen-bond acceptors (Lipinski definition) is 5. The summed E-state index contributed by atoms with van der Waals surface area (Å²) >= 11 is 6.09. The summed E-state index contributed by atoms with van der Waals surface area (Å²) in [5.74, 6) is 1.45. The zero-order valence-corrected chi connectivity index (χ0v) is 15.9. The van der Waals surface area contributed by atoms with Gasteiger partial charge in [-0.3, -0.25) is 4.90 Å². The van der Waals surface area contributed by atoms with Crippen LogP contribution in [-0.4, -0.2) is 28.5 Å². The number of nitrogens with one attached hydrogen (secondary N) is 1.